The van der Waals surface area contributed by atoms with Gasteiger partial charge in [0.1, 0.15) is 11.4 Å². The van der Waals surface area contributed by atoms with E-state index >= 15 is 0 Å². The van der Waals surface area contributed by atoms with Gasteiger partial charge in [-0.25, -0.2) is 4.98 Å². The van der Waals surface area contributed by atoms with E-state index in [9.17, 15) is 0 Å². The lowest BCUT2D eigenvalue weighted by Crippen LogP contribution is -2.03. The number of benzene rings is 1. The van der Waals surface area contributed by atoms with E-state index in [0.717, 1.165) is 34.2 Å². The molecule has 0 amide bonds. The van der Waals surface area contributed by atoms with Crippen LogP contribution < -0.4 is 0 Å². The summed E-state index contributed by atoms with van der Waals surface area (Å²) in [4.78, 5) is 4.65. The predicted octanol–water partition coefficient (Wildman–Crippen LogP) is 2.96. The highest BCUT2D eigenvalue weighted by molar-refractivity contribution is 5.77. The van der Waals surface area contributed by atoms with Gasteiger partial charge in [-0.2, -0.15) is 10.3 Å². The molecule has 28 heavy (non-hydrogen) atoms. The molecule has 0 saturated carbocycles. The minimum absolute atomic E-state index is 0.627. The number of hydrogen-bond donors (Lipinski definition) is 2. The van der Waals surface area contributed by atoms with Crippen LogP contribution in [-0.4, -0.2) is 40.4 Å². The summed E-state index contributed by atoms with van der Waals surface area (Å²) in [5.41, 5.74) is 3.61. The van der Waals surface area contributed by atoms with E-state index in [2.05, 4.69) is 35.8 Å². The number of imidazole rings is 1. The van der Waals surface area contributed by atoms with Gasteiger partial charge in [0, 0.05) is 24.7 Å². The van der Waals surface area contributed by atoms with Gasteiger partial charge in [0.05, 0.1) is 12.0 Å². The van der Waals surface area contributed by atoms with Gasteiger partial charge in [-0.3, -0.25) is 5.10 Å². The molecule has 0 aliphatic rings. The maximum Gasteiger partial charge on any atom is 0.176 e. The summed E-state index contributed by atoms with van der Waals surface area (Å²) in [5, 5.41) is 21.0. The lowest BCUT2D eigenvalue weighted by molar-refractivity contribution is 0.581. The first-order valence-corrected chi connectivity index (χ1v) is 8.81. The molecule has 0 aliphatic heterocycles. The topological polar surface area (TPSA) is 114 Å². The Morgan fingerprint density at radius 3 is 2.68 bits per heavy atom. The van der Waals surface area contributed by atoms with Crippen LogP contribution in [-0.2, 0) is 13.0 Å². The molecule has 9 nitrogen and oxygen atoms in total. The molecule has 4 aromatic heterocycles. The van der Waals surface area contributed by atoms with E-state index in [4.69, 9.17) is 4.42 Å². The Balaban J connectivity index is 1.56. The van der Waals surface area contributed by atoms with E-state index in [0.29, 0.717) is 18.8 Å². The Labute approximate surface area is 159 Å². The maximum atomic E-state index is 6.13. The van der Waals surface area contributed by atoms with Crippen LogP contribution in [0.25, 0.3) is 34.2 Å². The standard InChI is InChI=1S/C19H16N8O/c1-2-4-13(5-3-1)18-19(16-7-6-15(28-16)14-8-10-21-22-14)27(12-20-18)11-9-17-23-25-26-24-17/h1-8,10,12H,9,11H2,(H,21,22)(H,23,24,25,26). The van der Waals surface area contributed by atoms with Crippen molar-refractivity contribution >= 4 is 0 Å². The van der Waals surface area contributed by atoms with Crippen LogP contribution in [0.2, 0.25) is 0 Å². The monoisotopic (exact) mass is 372 g/mol. The molecule has 0 spiro atoms. The van der Waals surface area contributed by atoms with Crippen LogP contribution in [0.5, 0.6) is 0 Å². The molecule has 0 fully saturated rings. The second-order valence-corrected chi connectivity index (χ2v) is 6.21. The fourth-order valence-corrected chi connectivity index (χ4v) is 3.13. The van der Waals surface area contributed by atoms with Gasteiger partial charge < -0.3 is 8.98 Å². The van der Waals surface area contributed by atoms with Crippen LogP contribution in [0.15, 0.2) is 65.5 Å². The quantitative estimate of drug-likeness (QED) is 0.474. The molecule has 0 atom stereocenters. The van der Waals surface area contributed by atoms with Crippen molar-refractivity contribution in [1.29, 1.82) is 0 Å². The Morgan fingerprint density at radius 2 is 1.89 bits per heavy atom. The van der Waals surface area contributed by atoms with Crippen molar-refractivity contribution in [1.82, 2.24) is 40.4 Å². The molecule has 0 radical (unpaired) electrons. The summed E-state index contributed by atoms with van der Waals surface area (Å²) in [6, 6.07) is 15.8. The number of hydrogen-bond acceptors (Lipinski definition) is 6. The maximum absolute atomic E-state index is 6.13. The third-order valence-electron chi connectivity index (χ3n) is 4.46. The smallest absolute Gasteiger partial charge is 0.176 e. The molecule has 5 rings (SSSR count). The average molecular weight is 372 g/mol. The molecule has 0 saturated heterocycles. The first-order chi connectivity index (χ1) is 13.9. The number of nitrogens with zero attached hydrogens (tertiary/aromatic N) is 6. The molecule has 0 unspecified atom stereocenters. The second-order valence-electron chi connectivity index (χ2n) is 6.21. The first kappa shape index (κ1) is 16.2. The fourth-order valence-electron chi connectivity index (χ4n) is 3.13. The van der Waals surface area contributed by atoms with Crippen LogP contribution in [0.3, 0.4) is 0 Å². The van der Waals surface area contributed by atoms with Crippen molar-refractivity contribution in [3.63, 3.8) is 0 Å². The zero-order valence-corrected chi connectivity index (χ0v) is 14.8. The number of aromatic amines is 2. The molecule has 0 bridgehead atoms. The molecule has 5 aromatic rings. The van der Waals surface area contributed by atoms with Crippen LogP contribution in [0, 0.1) is 0 Å². The first-order valence-electron chi connectivity index (χ1n) is 8.81. The normalized spacial score (nSPS) is 11.1. The third kappa shape index (κ3) is 2.98. The second kappa shape index (κ2) is 6.95. The van der Waals surface area contributed by atoms with E-state index < -0.39 is 0 Å². The average Bonchev–Trinajstić information content (AvgIpc) is 3.54. The van der Waals surface area contributed by atoms with Crippen LogP contribution in [0.1, 0.15) is 5.82 Å². The van der Waals surface area contributed by atoms with E-state index in [1.807, 2.05) is 59.4 Å². The molecule has 9 heteroatoms. The van der Waals surface area contributed by atoms with Gasteiger partial charge in [-0.05, 0) is 18.2 Å². The molecule has 138 valence electrons. The van der Waals surface area contributed by atoms with Gasteiger partial charge in [-0.1, -0.05) is 35.5 Å². The van der Waals surface area contributed by atoms with Gasteiger partial charge in [0.25, 0.3) is 0 Å². The lowest BCUT2D eigenvalue weighted by Gasteiger charge is -2.07. The highest BCUT2D eigenvalue weighted by Gasteiger charge is 2.19. The van der Waals surface area contributed by atoms with Crippen LogP contribution in [0.4, 0.5) is 0 Å². The van der Waals surface area contributed by atoms with Crippen molar-refractivity contribution < 1.29 is 4.42 Å². The summed E-state index contributed by atoms with van der Waals surface area (Å²) in [7, 11) is 0. The number of aromatic nitrogens is 8. The van der Waals surface area contributed by atoms with Gasteiger partial charge >= 0.3 is 0 Å². The number of aryl methyl sites for hydroxylation is 2. The van der Waals surface area contributed by atoms with Crippen molar-refractivity contribution in [3.8, 4) is 34.2 Å². The summed E-state index contributed by atoms with van der Waals surface area (Å²) in [6.07, 6.45) is 4.14. The van der Waals surface area contributed by atoms with Gasteiger partial charge in [0.15, 0.2) is 17.3 Å². The van der Waals surface area contributed by atoms with Crippen molar-refractivity contribution in [2.45, 2.75) is 13.0 Å². The molecule has 1 aromatic carbocycles. The zero-order chi connectivity index (χ0) is 18.8. The molecule has 0 aliphatic carbocycles. The van der Waals surface area contributed by atoms with E-state index in [-0.39, 0.29) is 0 Å². The highest BCUT2D eigenvalue weighted by Crippen LogP contribution is 2.34. The summed E-state index contributed by atoms with van der Waals surface area (Å²) in [6.45, 7) is 0.648. The predicted molar refractivity (Wildman–Crippen MR) is 101 cm³/mol. The summed E-state index contributed by atoms with van der Waals surface area (Å²) < 4.78 is 8.18. The van der Waals surface area contributed by atoms with Crippen molar-refractivity contribution in [2.75, 3.05) is 0 Å². The Morgan fingerprint density at radius 1 is 1.00 bits per heavy atom. The fraction of sp³-hybridized carbons (Fsp3) is 0.105. The van der Waals surface area contributed by atoms with Crippen molar-refractivity contribution in [2.24, 2.45) is 0 Å². The van der Waals surface area contributed by atoms with Crippen LogP contribution >= 0.6 is 0 Å². The zero-order valence-electron chi connectivity index (χ0n) is 14.8. The molecule has 4 heterocycles. The molecular formula is C19H16N8O. The van der Waals surface area contributed by atoms with Gasteiger partial charge in [-0.15, -0.1) is 10.2 Å². The summed E-state index contributed by atoms with van der Waals surface area (Å²) >= 11 is 0. The van der Waals surface area contributed by atoms with E-state index in [1.54, 1.807) is 6.20 Å². The number of rotatable bonds is 6. The number of nitrogens with one attached hydrogen (secondary N) is 2. The lowest BCUT2D eigenvalue weighted by atomic mass is 10.1. The summed E-state index contributed by atoms with van der Waals surface area (Å²) in [5.74, 6) is 2.10. The minimum Gasteiger partial charge on any atom is -0.453 e. The Bertz CT molecular complexity index is 1160. The number of H-pyrrole nitrogens is 2. The third-order valence-corrected chi connectivity index (χ3v) is 4.46. The highest BCUT2D eigenvalue weighted by atomic mass is 16.3. The number of tetrazole rings is 1. The number of furan rings is 1. The Kier molecular flexibility index (Phi) is 4.02. The van der Waals surface area contributed by atoms with E-state index in [1.165, 1.54) is 0 Å². The Hall–Kier alpha value is -4.01. The SMILES string of the molecule is c1ccc(-c2ncn(CCc3nn[nH]n3)c2-c2ccc(-c3ccn[nH]3)o2)cc1. The van der Waals surface area contributed by atoms with Gasteiger partial charge in [0.2, 0.25) is 0 Å². The minimum atomic E-state index is 0.627. The van der Waals surface area contributed by atoms with Crippen molar-refractivity contribution in [3.05, 3.63) is 66.9 Å². The largest absolute Gasteiger partial charge is 0.453 e. The molecular weight excluding hydrogens is 356 g/mol. The molecule has 2 N–H and O–H groups in total.